The van der Waals surface area contributed by atoms with Crippen molar-refractivity contribution < 1.29 is 4.79 Å². The number of fused-ring (bicyclic) bond motifs is 3. The van der Waals surface area contributed by atoms with Crippen molar-refractivity contribution in [1.82, 2.24) is 24.8 Å². The molecule has 6 rings (SSSR count). The molecule has 0 spiro atoms. The van der Waals surface area contributed by atoms with Crippen LogP contribution in [-0.2, 0) is 11.3 Å². The molecule has 0 fully saturated rings. The summed E-state index contributed by atoms with van der Waals surface area (Å²) < 4.78 is 4.25. The zero-order valence-electron chi connectivity index (χ0n) is 22.6. The Balaban J connectivity index is 1.18. The van der Waals surface area contributed by atoms with Crippen LogP contribution in [0.4, 0.5) is 0 Å². The Kier molecular flexibility index (Phi) is 7.59. The predicted octanol–water partition coefficient (Wildman–Crippen LogP) is 7.27. The molecule has 2 aromatic heterocycles. The van der Waals surface area contributed by atoms with E-state index in [-0.39, 0.29) is 11.7 Å². The van der Waals surface area contributed by atoms with E-state index in [0.29, 0.717) is 16.0 Å². The van der Waals surface area contributed by atoms with Gasteiger partial charge < -0.3 is 4.57 Å². The molecule has 2 heterocycles. The number of para-hydroxylation sites is 1. The minimum Gasteiger partial charge on any atom is -0.341 e. The number of nitrogens with one attached hydrogen (secondary N) is 1. The Morgan fingerprint density at radius 2 is 1.71 bits per heavy atom. The molecule has 0 atom stereocenters. The number of nitrogens with zero attached hydrogens (tertiary/aromatic N) is 5. The molecule has 0 bridgehead atoms. The zero-order chi connectivity index (χ0) is 28.3. The summed E-state index contributed by atoms with van der Waals surface area (Å²) in [6.07, 6.45) is 1.67. The first-order chi connectivity index (χ1) is 20.0. The number of aromatic nitrogens is 4. The van der Waals surface area contributed by atoms with E-state index in [1.807, 2.05) is 66.1 Å². The van der Waals surface area contributed by atoms with Crippen molar-refractivity contribution in [2.75, 3.05) is 5.75 Å². The van der Waals surface area contributed by atoms with Gasteiger partial charge in [-0.3, -0.25) is 9.36 Å². The van der Waals surface area contributed by atoms with Gasteiger partial charge in [0, 0.05) is 44.6 Å². The maximum Gasteiger partial charge on any atom is 0.250 e. The van der Waals surface area contributed by atoms with Gasteiger partial charge in [-0.1, -0.05) is 65.3 Å². The highest BCUT2D eigenvalue weighted by Gasteiger charge is 2.17. The second kappa shape index (κ2) is 11.6. The van der Waals surface area contributed by atoms with Crippen molar-refractivity contribution in [2.45, 2.75) is 25.5 Å². The third-order valence-corrected chi connectivity index (χ3v) is 8.06. The highest BCUT2D eigenvalue weighted by molar-refractivity contribution is 7.99. The Morgan fingerprint density at radius 1 is 0.951 bits per heavy atom. The van der Waals surface area contributed by atoms with Crippen molar-refractivity contribution in [3.63, 3.8) is 0 Å². The molecule has 0 aliphatic rings. The molecule has 41 heavy (non-hydrogen) atoms. The minimum atomic E-state index is -0.235. The average molecular weight is 579 g/mol. The molecule has 7 nitrogen and oxygen atoms in total. The molecule has 0 saturated carbocycles. The normalized spacial score (nSPS) is 11.6. The topological polar surface area (TPSA) is 77.1 Å². The van der Waals surface area contributed by atoms with Crippen molar-refractivity contribution in [2.24, 2.45) is 5.10 Å². The van der Waals surface area contributed by atoms with Gasteiger partial charge in [0.2, 0.25) is 0 Å². The van der Waals surface area contributed by atoms with Crippen LogP contribution in [0.25, 0.3) is 38.9 Å². The number of hydrogen-bond acceptors (Lipinski definition) is 5. The van der Waals surface area contributed by atoms with Crippen molar-refractivity contribution in [3.8, 4) is 17.1 Å². The molecule has 4 aromatic carbocycles. The number of hydrogen-bond donors (Lipinski definition) is 1. The Morgan fingerprint density at radius 3 is 2.49 bits per heavy atom. The fourth-order valence-corrected chi connectivity index (χ4v) is 5.78. The molecule has 0 saturated heterocycles. The van der Waals surface area contributed by atoms with Crippen LogP contribution in [0.5, 0.6) is 0 Å². The van der Waals surface area contributed by atoms with E-state index in [9.17, 15) is 4.79 Å². The molecular formula is C32H27ClN6OS. The SMILES string of the molecule is CCn1c2ccccc2c2cc(/C=N/NC(=O)CSc3nnc(-c4ccc(Cl)cc4)n3-c3ccc(C)cc3)ccc21. The monoisotopic (exact) mass is 578 g/mol. The molecule has 6 aromatic rings. The highest BCUT2D eigenvalue weighted by atomic mass is 35.5. The standard InChI is InChI=1S/C32H27ClN6OS/c1-3-38-28-7-5-4-6-26(28)27-18-22(10-17-29(27)38)19-34-35-30(40)20-41-32-37-36-31(23-11-13-24(33)14-12-23)39(32)25-15-8-21(2)9-16-25/h4-19H,3,20H2,1-2H3,(H,35,40)/b34-19+. The maximum atomic E-state index is 12.7. The number of rotatable bonds is 8. The lowest BCUT2D eigenvalue weighted by Gasteiger charge is -2.10. The van der Waals surface area contributed by atoms with Crippen LogP contribution in [0.3, 0.4) is 0 Å². The lowest BCUT2D eigenvalue weighted by atomic mass is 10.1. The van der Waals surface area contributed by atoms with Crippen LogP contribution < -0.4 is 5.43 Å². The third kappa shape index (κ3) is 5.49. The van der Waals surface area contributed by atoms with Gasteiger partial charge in [-0.15, -0.1) is 10.2 Å². The third-order valence-electron chi connectivity index (χ3n) is 6.88. The summed E-state index contributed by atoms with van der Waals surface area (Å²) in [7, 11) is 0. The van der Waals surface area contributed by atoms with Crippen LogP contribution in [0.1, 0.15) is 18.1 Å². The minimum absolute atomic E-state index is 0.130. The Hall–Kier alpha value is -4.40. The number of thioether (sulfide) groups is 1. The largest absolute Gasteiger partial charge is 0.341 e. The van der Waals surface area contributed by atoms with E-state index in [4.69, 9.17) is 11.6 Å². The van der Waals surface area contributed by atoms with Crippen molar-refractivity contribution >= 4 is 57.3 Å². The highest BCUT2D eigenvalue weighted by Crippen LogP contribution is 2.30. The first-order valence-corrected chi connectivity index (χ1v) is 14.6. The molecule has 0 aliphatic carbocycles. The van der Waals surface area contributed by atoms with E-state index in [2.05, 4.69) is 68.6 Å². The average Bonchev–Trinajstić information content (AvgIpc) is 3.56. The van der Waals surface area contributed by atoms with Gasteiger partial charge in [0.1, 0.15) is 0 Å². The first kappa shape index (κ1) is 26.8. The number of halogens is 1. The number of amides is 1. The summed E-state index contributed by atoms with van der Waals surface area (Å²) in [4.78, 5) is 12.7. The predicted molar refractivity (Wildman–Crippen MR) is 168 cm³/mol. The Labute approximate surface area is 246 Å². The number of carbonyl (C=O) groups is 1. The number of hydrazone groups is 1. The van der Waals surface area contributed by atoms with Gasteiger partial charge in [0.05, 0.1) is 12.0 Å². The van der Waals surface area contributed by atoms with E-state index < -0.39 is 0 Å². The summed E-state index contributed by atoms with van der Waals surface area (Å²) in [5.74, 6) is 0.568. The van der Waals surface area contributed by atoms with Gasteiger partial charge in [0.25, 0.3) is 5.91 Å². The van der Waals surface area contributed by atoms with Gasteiger partial charge in [-0.05, 0) is 74.0 Å². The Bertz CT molecular complexity index is 1890. The van der Waals surface area contributed by atoms with Crippen molar-refractivity contribution in [3.05, 3.63) is 107 Å². The molecule has 0 unspecified atom stereocenters. The molecule has 204 valence electrons. The van der Waals surface area contributed by atoms with Gasteiger partial charge in [-0.25, -0.2) is 5.43 Å². The van der Waals surface area contributed by atoms with E-state index in [0.717, 1.165) is 28.9 Å². The number of aryl methyl sites for hydroxylation is 2. The smallest absolute Gasteiger partial charge is 0.250 e. The van der Waals surface area contributed by atoms with Crippen LogP contribution in [0.2, 0.25) is 5.02 Å². The summed E-state index contributed by atoms with van der Waals surface area (Å²) in [5.41, 5.74) is 8.89. The molecule has 9 heteroatoms. The second-order valence-electron chi connectivity index (χ2n) is 9.60. The molecule has 1 amide bonds. The van der Waals surface area contributed by atoms with Crippen LogP contribution in [0, 0.1) is 6.92 Å². The van der Waals surface area contributed by atoms with Crippen LogP contribution in [-0.4, -0.2) is 37.2 Å². The molecule has 0 aliphatic heterocycles. The van der Waals surface area contributed by atoms with Crippen LogP contribution in [0.15, 0.2) is 101 Å². The summed E-state index contributed by atoms with van der Waals surface area (Å²) in [6, 6.07) is 30.2. The van der Waals surface area contributed by atoms with E-state index in [1.54, 1.807) is 6.21 Å². The quantitative estimate of drug-likeness (QED) is 0.117. The fourth-order valence-electron chi connectivity index (χ4n) is 4.91. The van der Waals surface area contributed by atoms with E-state index >= 15 is 0 Å². The lowest BCUT2D eigenvalue weighted by molar-refractivity contribution is -0.118. The van der Waals surface area contributed by atoms with Crippen LogP contribution >= 0.6 is 23.4 Å². The fraction of sp³-hybridized carbons (Fsp3) is 0.125. The second-order valence-corrected chi connectivity index (χ2v) is 11.0. The van der Waals surface area contributed by atoms with Crippen molar-refractivity contribution in [1.29, 1.82) is 0 Å². The van der Waals surface area contributed by atoms with Gasteiger partial charge in [0.15, 0.2) is 11.0 Å². The zero-order valence-corrected chi connectivity index (χ0v) is 24.2. The van der Waals surface area contributed by atoms with Gasteiger partial charge >= 0.3 is 0 Å². The molecule has 0 radical (unpaired) electrons. The number of benzene rings is 4. The number of carbonyl (C=O) groups excluding carboxylic acids is 1. The lowest BCUT2D eigenvalue weighted by Crippen LogP contribution is -2.20. The van der Waals surface area contributed by atoms with E-state index in [1.165, 1.54) is 33.6 Å². The maximum absolute atomic E-state index is 12.7. The summed E-state index contributed by atoms with van der Waals surface area (Å²) in [5, 5.41) is 16.7. The summed E-state index contributed by atoms with van der Waals surface area (Å²) in [6.45, 7) is 5.08. The first-order valence-electron chi connectivity index (χ1n) is 13.3. The molecule has 1 N–H and O–H groups in total. The van der Waals surface area contributed by atoms with Gasteiger partial charge in [-0.2, -0.15) is 5.10 Å². The summed E-state index contributed by atoms with van der Waals surface area (Å²) >= 11 is 7.40. The molecular weight excluding hydrogens is 552 g/mol.